The first-order valence-electron chi connectivity index (χ1n) is 4.07. The Labute approximate surface area is 89.5 Å². The number of H-pyrrole nitrogens is 1. The highest BCUT2D eigenvalue weighted by Gasteiger charge is 2.01. The van der Waals surface area contributed by atoms with Crippen molar-refractivity contribution in [2.24, 2.45) is 0 Å². The number of hydrogen-bond acceptors (Lipinski definition) is 3. The standard InChI is InChI=1S/C9H8BrN3O/c10-9-8(2-1-3-11-9)14-6-7-4-12-13-5-7/h1-5H,6H2,(H,12,13). The van der Waals surface area contributed by atoms with Crippen LogP contribution in [-0.2, 0) is 6.61 Å². The number of pyridine rings is 1. The number of nitrogens with one attached hydrogen (secondary N) is 1. The molecule has 2 aromatic heterocycles. The van der Waals surface area contributed by atoms with Crippen LogP contribution in [0.5, 0.6) is 5.75 Å². The second-order valence-corrected chi connectivity index (χ2v) is 3.44. The van der Waals surface area contributed by atoms with Crippen LogP contribution in [0.4, 0.5) is 0 Å². The lowest BCUT2D eigenvalue weighted by molar-refractivity contribution is 0.303. The fraction of sp³-hybridized carbons (Fsp3) is 0.111. The first-order valence-corrected chi connectivity index (χ1v) is 4.86. The molecule has 2 aromatic rings. The molecule has 0 fully saturated rings. The van der Waals surface area contributed by atoms with Crippen LogP contribution in [0.25, 0.3) is 0 Å². The lowest BCUT2D eigenvalue weighted by atomic mass is 10.4. The number of rotatable bonds is 3. The van der Waals surface area contributed by atoms with Gasteiger partial charge in [0.25, 0.3) is 0 Å². The van der Waals surface area contributed by atoms with Crippen LogP contribution in [-0.4, -0.2) is 15.2 Å². The third-order valence-electron chi connectivity index (χ3n) is 1.67. The number of aromatic amines is 1. The van der Waals surface area contributed by atoms with Gasteiger partial charge in [-0.3, -0.25) is 5.10 Å². The summed E-state index contributed by atoms with van der Waals surface area (Å²) in [6.45, 7) is 0.487. The summed E-state index contributed by atoms with van der Waals surface area (Å²) in [6.07, 6.45) is 5.23. The summed E-state index contributed by atoms with van der Waals surface area (Å²) in [6, 6.07) is 3.69. The monoisotopic (exact) mass is 253 g/mol. The van der Waals surface area contributed by atoms with Crippen molar-refractivity contribution >= 4 is 15.9 Å². The third kappa shape index (κ3) is 2.11. The van der Waals surface area contributed by atoms with Crippen molar-refractivity contribution in [3.63, 3.8) is 0 Å². The molecule has 0 bridgehead atoms. The summed E-state index contributed by atoms with van der Waals surface area (Å²) in [5, 5.41) is 6.55. The van der Waals surface area contributed by atoms with Crippen LogP contribution < -0.4 is 4.74 Å². The predicted octanol–water partition coefficient (Wildman–Crippen LogP) is 2.15. The quantitative estimate of drug-likeness (QED) is 0.854. The molecule has 2 rings (SSSR count). The van der Waals surface area contributed by atoms with Crippen LogP contribution in [0.15, 0.2) is 35.3 Å². The van der Waals surface area contributed by atoms with Gasteiger partial charge in [0.05, 0.1) is 6.20 Å². The maximum Gasteiger partial charge on any atom is 0.152 e. The van der Waals surface area contributed by atoms with Gasteiger partial charge < -0.3 is 4.74 Å². The molecule has 0 aliphatic heterocycles. The van der Waals surface area contributed by atoms with Crippen molar-refractivity contribution in [3.05, 3.63) is 40.9 Å². The highest BCUT2D eigenvalue weighted by atomic mass is 79.9. The largest absolute Gasteiger partial charge is 0.486 e. The Balaban J connectivity index is 2.02. The van der Waals surface area contributed by atoms with E-state index in [9.17, 15) is 0 Å². The summed E-state index contributed by atoms with van der Waals surface area (Å²) >= 11 is 3.30. The van der Waals surface area contributed by atoms with E-state index in [0.717, 1.165) is 11.3 Å². The van der Waals surface area contributed by atoms with E-state index in [4.69, 9.17) is 4.74 Å². The van der Waals surface area contributed by atoms with E-state index in [0.29, 0.717) is 11.2 Å². The molecule has 0 radical (unpaired) electrons. The van der Waals surface area contributed by atoms with Crippen molar-refractivity contribution in [2.45, 2.75) is 6.61 Å². The molecule has 2 heterocycles. The third-order valence-corrected chi connectivity index (χ3v) is 2.27. The SMILES string of the molecule is Brc1ncccc1OCc1cn[nH]c1. The molecule has 0 atom stereocenters. The highest BCUT2D eigenvalue weighted by molar-refractivity contribution is 9.10. The Hall–Kier alpha value is -1.36. The van der Waals surface area contributed by atoms with Gasteiger partial charge in [0.2, 0.25) is 0 Å². The van der Waals surface area contributed by atoms with E-state index < -0.39 is 0 Å². The van der Waals surface area contributed by atoms with E-state index in [2.05, 4.69) is 31.1 Å². The summed E-state index contributed by atoms with van der Waals surface area (Å²) in [5.74, 6) is 0.730. The van der Waals surface area contributed by atoms with Crippen molar-refractivity contribution in [3.8, 4) is 5.75 Å². The van der Waals surface area contributed by atoms with Gasteiger partial charge in [-0.15, -0.1) is 0 Å². The normalized spacial score (nSPS) is 10.1. The first kappa shape index (κ1) is 9.21. The van der Waals surface area contributed by atoms with E-state index in [-0.39, 0.29) is 0 Å². The van der Waals surface area contributed by atoms with E-state index in [1.165, 1.54) is 0 Å². The first-order chi connectivity index (χ1) is 6.86. The molecule has 0 saturated carbocycles. The maximum absolute atomic E-state index is 5.51. The van der Waals surface area contributed by atoms with Gasteiger partial charge in [-0.1, -0.05) is 0 Å². The zero-order valence-electron chi connectivity index (χ0n) is 7.27. The lowest BCUT2D eigenvalue weighted by Gasteiger charge is -2.04. The summed E-state index contributed by atoms with van der Waals surface area (Å²) in [7, 11) is 0. The minimum atomic E-state index is 0.487. The van der Waals surface area contributed by atoms with Gasteiger partial charge in [-0.2, -0.15) is 5.10 Å². The van der Waals surface area contributed by atoms with Crippen LogP contribution in [0.3, 0.4) is 0 Å². The van der Waals surface area contributed by atoms with E-state index in [1.807, 2.05) is 12.1 Å². The van der Waals surface area contributed by atoms with Crippen LogP contribution >= 0.6 is 15.9 Å². The Morgan fingerprint density at radius 3 is 3.14 bits per heavy atom. The summed E-state index contributed by atoms with van der Waals surface area (Å²) < 4.78 is 6.22. The fourth-order valence-electron chi connectivity index (χ4n) is 0.997. The molecule has 14 heavy (non-hydrogen) atoms. The Morgan fingerprint density at radius 1 is 1.50 bits per heavy atom. The molecule has 4 nitrogen and oxygen atoms in total. The van der Waals surface area contributed by atoms with Gasteiger partial charge in [-0.25, -0.2) is 4.98 Å². The topological polar surface area (TPSA) is 50.8 Å². The molecule has 0 aliphatic carbocycles. The zero-order chi connectivity index (χ0) is 9.80. The molecule has 0 unspecified atom stereocenters. The van der Waals surface area contributed by atoms with Crippen molar-refractivity contribution in [2.75, 3.05) is 0 Å². The minimum Gasteiger partial charge on any atom is -0.486 e. The van der Waals surface area contributed by atoms with Crippen LogP contribution in [0.1, 0.15) is 5.56 Å². The molecule has 0 amide bonds. The van der Waals surface area contributed by atoms with Crippen molar-refractivity contribution < 1.29 is 4.74 Å². The highest BCUT2D eigenvalue weighted by Crippen LogP contribution is 2.21. The molecular formula is C9H8BrN3O. The Morgan fingerprint density at radius 2 is 2.43 bits per heavy atom. The molecule has 0 saturated heterocycles. The Bertz CT molecular complexity index is 402. The average molecular weight is 254 g/mol. The molecule has 0 aliphatic rings. The number of aromatic nitrogens is 3. The zero-order valence-corrected chi connectivity index (χ0v) is 8.86. The smallest absolute Gasteiger partial charge is 0.152 e. The van der Waals surface area contributed by atoms with E-state index in [1.54, 1.807) is 18.6 Å². The predicted molar refractivity (Wildman–Crippen MR) is 54.9 cm³/mol. The molecule has 1 N–H and O–H groups in total. The number of ether oxygens (including phenoxy) is 1. The van der Waals surface area contributed by atoms with Gasteiger partial charge in [0, 0.05) is 18.0 Å². The van der Waals surface area contributed by atoms with Crippen LogP contribution in [0.2, 0.25) is 0 Å². The summed E-state index contributed by atoms with van der Waals surface area (Å²) in [4.78, 5) is 4.05. The van der Waals surface area contributed by atoms with Gasteiger partial charge >= 0.3 is 0 Å². The van der Waals surface area contributed by atoms with Crippen LogP contribution in [0, 0.1) is 0 Å². The van der Waals surface area contributed by atoms with Crippen molar-refractivity contribution in [1.29, 1.82) is 0 Å². The van der Waals surface area contributed by atoms with Gasteiger partial charge in [-0.05, 0) is 28.1 Å². The van der Waals surface area contributed by atoms with Gasteiger partial charge in [0.1, 0.15) is 11.2 Å². The molecule has 0 aromatic carbocycles. The van der Waals surface area contributed by atoms with Crippen molar-refractivity contribution in [1.82, 2.24) is 15.2 Å². The molecule has 72 valence electrons. The maximum atomic E-state index is 5.51. The minimum absolute atomic E-state index is 0.487. The number of halogens is 1. The number of hydrogen-bond donors (Lipinski definition) is 1. The van der Waals surface area contributed by atoms with Gasteiger partial charge in [0.15, 0.2) is 5.75 Å². The second kappa shape index (κ2) is 4.23. The second-order valence-electron chi connectivity index (χ2n) is 2.69. The molecule has 5 heteroatoms. The van der Waals surface area contributed by atoms with E-state index >= 15 is 0 Å². The lowest BCUT2D eigenvalue weighted by Crippen LogP contribution is -1.95. The molecular weight excluding hydrogens is 246 g/mol. The molecule has 0 spiro atoms. The number of nitrogens with zero attached hydrogens (tertiary/aromatic N) is 2. The average Bonchev–Trinajstić information content (AvgIpc) is 2.69. The fourth-order valence-corrected chi connectivity index (χ4v) is 1.36. The Kier molecular flexibility index (Phi) is 2.78. The summed E-state index contributed by atoms with van der Waals surface area (Å²) in [5.41, 5.74) is 1.00.